The number of hydrogen-bond donors (Lipinski definition) is 2. The zero-order valence-corrected chi connectivity index (χ0v) is 7.62. The number of carboxylic acid groups (broad SMARTS) is 2. The SMILES string of the molecule is O=C(O)CCc1nnc(CC(=O)O)nn1. The van der Waals surface area contributed by atoms with Gasteiger partial charge < -0.3 is 10.2 Å². The fraction of sp³-hybridized carbons (Fsp3) is 0.429. The highest BCUT2D eigenvalue weighted by molar-refractivity contribution is 5.68. The van der Waals surface area contributed by atoms with E-state index >= 15 is 0 Å². The summed E-state index contributed by atoms with van der Waals surface area (Å²) in [6, 6.07) is 0. The molecule has 0 saturated heterocycles. The van der Waals surface area contributed by atoms with E-state index < -0.39 is 11.9 Å². The molecule has 0 spiro atoms. The summed E-state index contributed by atoms with van der Waals surface area (Å²) in [6.07, 6.45) is -0.330. The topological polar surface area (TPSA) is 126 Å². The van der Waals surface area contributed by atoms with Crippen LogP contribution in [0.2, 0.25) is 0 Å². The Hall–Kier alpha value is -2.12. The van der Waals surface area contributed by atoms with Crippen LogP contribution in [0.4, 0.5) is 0 Å². The van der Waals surface area contributed by atoms with E-state index in [4.69, 9.17) is 10.2 Å². The van der Waals surface area contributed by atoms with Crippen LogP contribution < -0.4 is 0 Å². The number of hydrogen-bond acceptors (Lipinski definition) is 6. The van der Waals surface area contributed by atoms with Gasteiger partial charge in [-0.3, -0.25) is 9.59 Å². The number of nitrogens with zero attached hydrogens (tertiary/aromatic N) is 4. The summed E-state index contributed by atoms with van der Waals surface area (Å²) in [7, 11) is 0. The van der Waals surface area contributed by atoms with E-state index in [1.54, 1.807) is 0 Å². The third kappa shape index (κ3) is 4.07. The fourth-order valence-electron chi connectivity index (χ4n) is 0.796. The van der Waals surface area contributed by atoms with Crippen LogP contribution in [0.5, 0.6) is 0 Å². The van der Waals surface area contributed by atoms with Crippen molar-refractivity contribution in [3.63, 3.8) is 0 Å². The standard InChI is InChI=1S/C7H8N4O4/c12-6(13)2-1-4-8-10-5(11-9-4)3-7(14)15/h1-3H2,(H,12,13)(H,14,15). The van der Waals surface area contributed by atoms with Crippen molar-refractivity contribution in [1.29, 1.82) is 0 Å². The second-order valence-corrected chi connectivity index (χ2v) is 2.70. The molecule has 0 atom stereocenters. The molecule has 0 bridgehead atoms. The molecule has 0 radical (unpaired) electrons. The van der Waals surface area contributed by atoms with Crippen LogP contribution in [-0.4, -0.2) is 42.5 Å². The average molecular weight is 212 g/mol. The van der Waals surface area contributed by atoms with Gasteiger partial charge in [-0.2, -0.15) is 0 Å². The largest absolute Gasteiger partial charge is 0.481 e. The molecule has 0 unspecified atom stereocenters. The van der Waals surface area contributed by atoms with Gasteiger partial charge in [0.1, 0.15) is 6.42 Å². The lowest BCUT2D eigenvalue weighted by Crippen LogP contribution is -2.11. The van der Waals surface area contributed by atoms with Crippen molar-refractivity contribution in [2.45, 2.75) is 19.3 Å². The van der Waals surface area contributed by atoms with Gasteiger partial charge in [0.2, 0.25) is 0 Å². The van der Waals surface area contributed by atoms with E-state index in [1.165, 1.54) is 0 Å². The van der Waals surface area contributed by atoms with Crippen molar-refractivity contribution < 1.29 is 19.8 Å². The Morgan fingerprint density at radius 1 is 0.933 bits per heavy atom. The molecule has 0 fully saturated rings. The Kier molecular flexibility index (Phi) is 3.61. The maximum atomic E-state index is 10.3. The van der Waals surface area contributed by atoms with Crippen LogP contribution in [0.15, 0.2) is 0 Å². The molecular weight excluding hydrogens is 204 g/mol. The molecule has 1 aromatic rings. The summed E-state index contributed by atoms with van der Waals surface area (Å²) in [5, 5.41) is 30.9. The highest BCUT2D eigenvalue weighted by Gasteiger charge is 2.07. The average Bonchev–Trinajstić information content (AvgIpc) is 2.16. The van der Waals surface area contributed by atoms with Crippen LogP contribution in [0.25, 0.3) is 0 Å². The molecule has 8 nitrogen and oxygen atoms in total. The minimum Gasteiger partial charge on any atom is -0.481 e. The number of rotatable bonds is 5. The minimum absolute atomic E-state index is 0.00146. The van der Waals surface area contributed by atoms with Gasteiger partial charge in [0.05, 0.1) is 6.42 Å². The van der Waals surface area contributed by atoms with Gasteiger partial charge in [0.25, 0.3) is 0 Å². The molecule has 0 aliphatic heterocycles. The molecule has 1 rings (SSSR count). The molecular formula is C7H8N4O4. The Morgan fingerprint density at radius 3 is 1.93 bits per heavy atom. The van der Waals surface area contributed by atoms with Gasteiger partial charge in [0.15, 0.2) is 11.6 Å². The number of aromatic nitrogens is 4. The predicted molar refractivity (Wildman–Crippen MR) is 44.9 cm³/mol. The van der Waals surface area contributed by atoms with Crippen molar-refractivity contribution in [3.05, 3.63) is 11.6 Å². The Bertz CT molecular complexity index is 364. The fourth-order valence-corrected chi connectivity index (χ4v) is 0.796. The van der Waals surface area contributed by atoms with Crippen LogP contribution in [0.3, 0.4) is 0 Å². The number of carbonyl (C=O) groups is 2. The molecule has 0 amide bonds. The summed E-state index contributed by atoms with van der Waals surface area (Å²) in [5.41, 5.74) is 0. The second-order valence-electron chi connectivity index (χ2n) is 2.70. The lowest BCUT2D eigenvalue weighted by atomic mass is 10.3. The third-order valence-corrected chi connectivity index (χ3v) is 1.43. The molecule has 0 aliphatic carbocycles. The van der Waals surface area contributed by atoms with Crippen LogP contribution in [0, 0.1) is 0 Å². The second kappa shape index (κ2) is 4.94. The van der Waals surface area contributed by atoms with E-state index in [9.17, 15) is 9.59 Å². The zero-order valence-electron chi connectivity index (χ0n) is 7.62. The highest BCUT2D eigenvalue weighted by atomic mass is 16.4. The van der Waals surface area contributed by atoms with Crippen molar-refractivity contribution in [2.24, 2.45) is 0 Å². The summed E-state index contributed by atoms with van der Waals surface area (Å²) in [6.45, 7) is 0. The number of aryl methyl sites for hydroxylation is 1. The molecule has 0 aliphatic rings. The molecule has 2 N–H and O–H groups in total. The lowest BCUT2D eigenvalue weighted by molar-refractivity contribution is -0.137. The number of carboxylic acids is 2. The molecule has 8 heteroatoms. The van der Waals surface area contributed by atoms with Crippen LogP contribution in [-0.2, 0) is 22.4 Å². The summed E-state index contributed by atoms with van der Waals surface area (Å²) in [4.78, 5) is 20.5. The molecule has 0 aromatic carbocycles. The van der Waals surface area contributed by atoms with Crippen molar-refractivity contribution in [1.82, 2.24) is 20.4 Å². The predicted octanol–water partition coefficient (Wildman–Crippen LogP) is -1.09. The minimum atomic E-state index is -1.07. The zero-order chi connectivity index (χ0) is 11.3. The molecule has 15 heavy (non-hydrogen) atoms. The first-order chi connectivity index (χ1) is 7.08. The Labute approximate surface area is 84.0 Å². The van der Waals surface area contributed by atoms with E-state index in [-0.39, 0.29) is 30.9 Å². The smallest absolute Gasteiger partial charge is 0.311 e. The highest BCUT2D eigenvalue weighted by Crippen LogP contribution is 1.93. The Morgan fingerprint density at radius 2 is 1.47 bits per heavy atom. The molecule has 1 heterocycles. The van der Waals surface area contributed by atoms with E-state index in [0.29, 0.717) is 0 Å². The maximum Gasteiger partial charge on any atom is 0.311 e. The number of aliphatic carboxylic acids is 2. The molecule has 80 valence electrons. The van der Waals surface area contributed by atoms with Gasteiger partial charge in [-0.25, -0.2) is 0 Å². The van der Waals surface area contributed by atoms with Gasteiger partial charge in [-0.15, -0.1) is 20.4 Å². The summed E-state index contributed by atoms with van der Waals surface area (Å²) < 4.78 is 0. The third-order valence-electron chi connectivity index (χ3n) is 1.43. The first kappa shape index (κ1) is 11.0. The summed E-state index contributed by atoms with van der Waals surface area (Å²) >= 11 is 0. The quantitative estimate of drug-likeness (QED) is 0.630. The maximum absolute atomic E-state index is 10.3. The van der Waals surface area contributed by atoms with Crippen LogP contribution >= 0.6 is 0 Å². The van der Waals surface area contributed by atoms with Crippen molar-refractivity contribution >= 4 is 11.9 Å². The van der Waals surface area contributed by atoms with Gasteiger partial charge in [0, 0.05) is 6.42 Å². The van der Waals surface area contributed by atoms with Crippen LogP contribution in [0.1, 0.15) is 18.1 Å². The lowest BCUT2D eigenvalue weighted by Gasteiger charge is -1.96. The van der Waals surface area contributed by atoms with E-state index in [1.807, 2.05) is 0 Å². The Balaban J connectivity index is 2.56. The van der Waals surface area contributed by atoms with Crippen molar-refractivity contribution in [2.75, 3.05) is 0 Å². The van der Waals surface area contributed by atoms with E-state index in [0.717, 1.165) is 0 Å². The normalized spacial score (nSPS) is 9.87. The molecule has 0 saturated carbocycles. The first-order valence-corrected chi connectivity index (χ1v) is 4.06. The van der Waals surface area contributed by atoms with Gasteiger partial charge in [-0.1, -0.05) is 0 Å². The summed E-state index contributed by atoms with van der Waals surface area (Å²) in [5.74, 6) is -1.85. The van der Waals surface area contributed by atoms with Crippen molar-refractivity contribution in [3.8, 4) is 0 Å². The first-order valence-electron chi connectivity index (χ1n) is 4.06. The van der Waals surface area contributed by atoms with Gasteiger partial charge in [-0.05, 0) is 0 Å². The monoisotopic (exact) mass is 212 g/mol. The van der Waals surface area contributed by atoms with Gasteiger partial charge >= 0.3 is 11.9 Å². The molecule has 1 aromatic heterocycles. The van der Waals surface area contributed by atoms with E-state index in [2.05, 4.69) is 20.4 Å².